The van der Waals surface area contributed by atoms with E-state index in [1.807, 2.05) is 0 Å². The number of nitrogens with one attached hydrogen (secondary N) is 1. The lowest BCUT2D eigenvalue weighted by molar-refractivity contribution is -0.138. The van der Waals surface area contributed by atoms with Gasteiger partial charge in [0, 0.05) is 19.6 Å². The molecule has 0 spiro atoms. The number of hydrogen-bond donors (Lipinski definition) is 1. The van der Waals surface area contributed by atoms with E-state index in [9.17, 15) is 18.0 Å². The third-order valence-electron chi connectivity index (χ3n) is 3.36. The molecule has 1 aromatic rings. The van der Waals surface area contributed by atoms with Crippen molar-refractivity contribution in [3.05, 3.63) is 35.4 Å². The fraction of sp³-hybridized carbons (Fsp3) is 0.500. The van der Waals surface area contributed by atoms with Gasteiger partial charge in [-0.3, -0.25) is 4.79 Å². The fourth-order valence-electron chi connectivity index (χ4n) is 2.32. The van der Waals surface area contributed by atoms with E-state index in [1.54, 1.807) is 4.90 Å². The van der Waals surface area contributed by atoms with Crippen LogP contribution in [0.5, 0.6) is 0 Å². The molecule has 0 saturated carbocycles. The first-order valence-electron chi connectivity index (χ1n) is 6.62. The highest BCUT2D eigenvalue weighted by atomic mass is 19.4. The van der Waals surface area contributed by atoms with Gasteiger partial charge >= 0.3 is 6.18 Å². The van der Waals surface area contributed by atoms with Crippen LogP contribution in [0.25, 0.3) is 0 Å². The first kappa shape index (κ1) is 14.8. The molecule has 20 heavy (non-hydrogen) atoms. The van der Waals surface area contributed by atoms with E-state index >= 15 is 0 Å². The Hall–Kier alpha value is -1.56. The summed E-state index contributed by atoms with van der Waals surface area (Å²) in [5.41, 5.74) is -0.677. The van der Waals surface area contributed by atoms with Crippen LogP contribution in [0.4, 0.5) is 13.2 Å². The van der Waals surface area contributed by atoms with Crippen molar-refractivity contribution >= 4 is 5.91 Å². The molecule has 1 fully saturated rings. The number of nitrogens with zero attached hydrogens (tertiary/aromatic N) is 1. The predicted molar refractivity (Wildman–Crippen MR) is 69.2 cm³/mol. The van der Waals surface area contributed by atoms with Crippen molar-refractivity contribution in [2.75, 3.05) is 26.2 Å². The Morgan fingerprint density at radius 1 is 1.20 bits per heavy atom. The van der Waals surface area contributed by atoms with Crippen LogP contribution in [0.1, 0.15) is 17.5 Å². The van der Waals surface area contributed by atoms with Crippen molar-refractivity contribution < 1.29 is 18.0 Å². The highest BCUT2D eigenvalue weighted by molar-refractivity contribution is 5.79. The zero-order valence-corrected chi connectivity index (χ0v) is 11.0. The van der Waals surface area contributed by atoms with E-state index in [0.29, 0.717) is 19.6 Å². The van der Waals surface area contributed by atoms with Gasteiger partial charge in [0.25, 0.3) is 0 Å². The molecule has 0 aromatic heterocycles. The lowest BCUT2D eigenvalue weighted by Gasteiger charge is -2.21. The molecule has 0 bridgehead atoms. The number of hydrogen-bond acceptors (Lipinski definition) is 2. The molecular weight excluding hydrogens is 269 g/mol. The predicted octanol–water partition coefficient (Wildman–Crippen LogP) is 2.07. The van der Waals surface area contributed by atoms with Crippen LogP contribution in [0, 0.1) is 0 Å². The minimum Gasteiger partial charge on any atom is -0.341 e. The molecule has 1 saturated heterocycles. The standard InChI is InChI=1S/C14H17F3N2O/c15-14(16,17)12-5-2-1-4-11(12)10-13(20)19-8-3-6-18-7-9-19/h1-2,4-5,18H,3,6-10H2. The topological polar surface area (TPSA) is 32.3 Å². The first-order chi connectivity index (χ1) is 9.48. The Balaban J connectivity index is 2.11. The molecule has 110 valence electrons. The summed E-state index contributed by atoms with van der Waals surface area (Å²) in [5.74, 6) is -0.245. The average molecular weight is 286 g/mol. The van der Waals surface area contributed by atoms with E-state index < -0.39 is 11.7 Å². The molecule has 2 rings (SSSR count). The SMILES string of the molecule is O=C(Cc1ccccc1C(F)(F)F)N1CCCNCC1. The summed E-state index contributed by atoms with van der Waals surface area (Å²) in [6, 6.07) is 5.26. The normalized spacial score (nSPS) is 16.9. The minimum absolute atomic E-state index is 0.0437. The van der Waals surface area contributed by atoms with Gasteiger partial charge in [-0.25, -0.2) is 0 Å². The molecule has 0 aliphatic carbocycles. The Kier molecular flexibility index (Phi) is 4.65. The first-order valence-corrected chi connectivity index (χ1v) is 6.62. The summed E-state index contributed by atoms with van der Waals surface area (Å²) in [5, 5.41) is 3.16. The van der Waals surface area contributed by atoms with Gasteiger partial charge in [0.05, 0.1) is 12.0 Å². The number of carbonyl (C=O) groups excluding carboxylic acids is 1. The lowest BCUT2D eigenvalue weighted by Crippen LogP contribution is -2.35. The van der Waals surface area contributed by atoms with Crippen LogP contribution >= 0.6 is 0 Å². The number of carbonyl (C=O) groups is 1. The quantitative estimate of drug-likeness (QED) is 0.902. The summed E-state index contributed by atoms with van der Waals surface area (Å²) in [4.78, 5) is 13.8. The molecule has 1 aliphatic rings. The summed E-state index contributed by atoms with van der Waals surface area (Å²) >= 11 is 0. The van der Waals surface area contributed by atoms with Gasteiger partial charge in [0.1, 0.15) is 0 Å². The Labute approximate surface area is 115 Å². The Bertz CT molecular complexity index is 466. The van der Waals surface area contributed by atoms with E-state index in [2.05, 4.69) is 5.32 Å². The van der Waals surface area contributed by atoms with E-state index in [-0.39, 0.29) is 17.9 Å². The van der Waals surface area contributed by atoms with Crippen molar-refractivity contribution in [2.45, 2.75) is 19.0 Å². The monoisotopic (exact) mass is 286 g/mol. The number of halogens is 3. The van der Waals surface area contributed by atoms with Gasteiger partial charge in [-0.15, -0.1) is 0 Å². The third-order valence-corrected chi connectivity index (χ3v) is 3.36. The molecule has 0 unspecified atom stereocenters. The number of benzene rings is 1. The summed E-state index contributed by atoms with van der Waals surface area (Å²) < 4.78 is 38.6. The summed E-state index contributed by atoms with van der Waals surface area (Å²) in [7, 11) is 0. The summed E-state index contributed by atoms with van der Waals surface area (Å²) in [6.45, 7) is 2.67. The van der Waals surface area contributed by atoms with Gasteiger partial charge in [-0.05, 0) is 24.6 Å². The van der Waals surface area contributed by atoms with Crippen molar-refractivity contribution in [2.24, 2.45) is 0 Å². The van der Waals surface area contributed by atoms with Crippen LogP contribution in [0.2, 0.25) is 0 Å². The van der Waals surface area contributed by atoms with Gasteiger partial charge < -0.3 is 10.2 Å². The van der Waals surface area contributed by atoms with Crippen LogP contribution in [-0.4, -0.2) is 37.0 Å². The van der Waals surface area contributed by atoms with E-state index in [0.717, 1.165) is 19.0 Å². The maximum atomic E-state index is 12.9. The molecule has 1 amide bonds. The van der Waals surface area contributed by atoms with Gasteiger partial charge in [-0.1, -0.05) is 18.2 Å². The Morgan fingerprint density at radius 3 is 2.70 bits per heavy atom. The van der Waals surface area contributed by atoms with Crippen LogP contribution < -0.4 is 5.32 Å². The van der Waals surface area contributed by atoms with E-state index in [4.69, 9.17) is 0 Å². The number of rotatable bonds is 2. The fourth-order valence-corrected chi connectivity index (χ4v) is 2.32. The van der Waals surface area contributed by atoms with Crippen molar-refractivity contribution in [3.8, 4) is 0 Å². The third kappa shape index (κ3) is 3.72. The zero-order valence-electron chi connectivity index (χ0n) is 11.0. The van der Waals surface area contributed by atoms with Crippen LogP contribution in [0.3, 0.4) is 0 Å². The highest BCUT2D eigenvalue weighted by Gasteiger charge is 2.33. The largest absolute Gasteiger partial charge is 0.416 e. The Morgan fingerprint density at radius 2 is 1.95 bits per heavy atom. The van der Waals surface area contributed by atoms with Crippen LogP contribution in [0.15, 0.2) is 24.3 Å². The summed E-state index contributed by atoms with van der Waals surface area (Å²) in [6.07, 6.45) is -3.79. The second-order valence-electron chi connectivity index (χ2n) is 4.82. The second-order valence-corrected chi connectivity index (χ2v) is 4.82. The maximum Gasteiger partial charge on any atom is 0.416 e. The highest BCUT2D eigenvalue weighted by Crippen LogP contribution is 2.32. The molecule has 0 radical (unpaired) electrons. The molecule has 1 aliphatic heterocycles. The molecular formula is C14H17F3N2O. The van der Waals surface area contributed by atoms with E-state index in [1.165, 1.54) is 18.2 Å². The maximum absolute atomic E-state index is 12.9. The van der Waals surface area contributed by atoms with Gasteiger partial charge in [-0.2, -0.15) is 13.2 Å². The minimum atomic E-state index is -4.42. The van der Waals surface area contributed by atoms with Gasteiger partial charge in [0.15, 0.2) is 0 Å². The molecule has 1 N–H and O–H groups in total. The average Bonchev–Trinajstić information content (AvgIpc) is 2.67. The lowest BCUT2D eigenvalue weighted by atomic mass is 10.0. The van der Waals surface area contributed by atoms with Crippen molar-refractivity contribution in [3.63, 3.8) is 0 Å². The second kappa shape index (κ2) is 6.26. The number of amides is 1. The smallest absolute Gasteiger partial charge is 0.341 e. The van der Waals surface area contributed by atoms with Crippen molar-refractivity contribution in [1.82, 2.24) is 10.2 Å². The molecule has 1 aromatic carbocycles. The van der Waals surface area contributed by atoms with Crippen molar-refractivity contribution in [1.29, 1.82) is 0 Å². The number of alkyl halides is 3. The molecule has 1 heterocycles. The molecule has 6 heteroatoms. The molecule has 3 nitrogen and oxygen atoms in total. The van der Waals surface area contributed by atoms with Crippen LogP contribution in [-0.2, 0) is 17.4 Å². The zero-order chi connectivity index (χ0) is 14.6. The van der Waals surface area contributed by atoms with Gasteiger partial charge in [0.2, 0.25) is 5.91 Å². The molecule has 0 atom stereocenters.